The van der Waals surface area contributed by atoms with Gasteiger partial charge in [0.05, 0.1) is 18.1 Å². The molecule has 0 amide bonds. The van der Waals surface area contributed by atoms with E-state index in [1.165, 1.54) is 4.68 Å². The van der Waals surface area contributed by atoms with E-state index in [-0.39, 0.29) is 12.3 Å². The zero-order chi connectivity index (χ0) is 14.4. The van der Waals surface area contributed by atoms with Crippen molar-refractivity contribution in [3.05, 3.63) is 15.8 Å². The summed E-state index contributed by atoms with van der Waals surface area (Å²) in [4.78, 5) is 12.5. The maximum Gasteiger partial charge on any atom is 0.334 e. The fourth-order valence-electron chi connectivity index (χ4n) is 1.98. The lowest BCUT2D eigenvalue weighted by Crippen LogP contribution is -2.32. The highest BCUT2D eigenvalue weighted by atomic mass is 16.6. The fraction of sp³-hybridized carbons (Fsp3) is 0.727. The highest BCUT2D eigenvalue weighted by Crippen LogP contribution is 2.31. The standard InChI is InChI=1S/C11H20N4O4/c1-4-9-10(15(17)18)11(13(2)12-9)14(5-7-16)6-8-19-3/h16H,4-8H2,1-3H3. The van der Waals surface area contributed by atoms with Gasteiger partial charge in [-0.05, 0) is 6.42 Å². The van der Waals surface area contributed by atoms with Crippen molar-refractivity contribution in [3.63, 3.8) is 0 Å². The van der Waals surface area contributed by atoms with Crippen LogP contribution >= 0.6 is 0 Å². The van der Waals surface area contributed by atoms with Gasteiger partial charge in [-0.1, -0.05) is 6.92 Å². The Morgan fingerprint density at radius 3 is 2.68 bits per heavy atom. The van der Waals surface area contributed by atoms with Crippen molar-refractivity contribution in [1.82, 2.24) is 9.78 Å². The first-order valence-electron chi connectivity index (χ1n) is 6.11. The predicted molar refractivity (Wildman–Crippen MR) is 70.4 cm³/mol. The van der Waals surface area contributed by atoms with Crippen molar-refractivity contribution in [2.24, 2.45) is 7.05 Å². The van der Waals surface area contributed by atoms with Gasteiger partial charge in [0.25, 0.3) is 0 Å². The Bertz CT molecular complexity index is 433. The van der Waals surface area contributed by atoms with E-state index >= 15 is 0 Å². The van der Waals surface area contributed by atoms with E-state index in [1.54, 1.807) is 19.1 Å². The molecule has 0 aliphatic rings. The number of hydrogen-bond acceptors (Lipinski definition) is 6. The summed E-state index contributed by atoms with van der Waals surface area (Å²) in [5, 5.41) is 24.5. The minimum absolute atomic E-state index is 0.00885. The number of nitro groups is 1. The second-order valence-corrected chi connectivity index (χ2v) is 4.06. The minimum Gasteiger partial charge on any atom is -0.395 e. The maximum atomic E-state index is 11.2. The molecule has 0 atom stereocenters. The minimum atomic E-state index is -0.418. The van der Waals surface area contributed by atoms with Gasteiger partial charge in [0.15, 0.2) is 0 Å². The second kappa shape index (κ2) is 7.05. The van der Waals surface area contributed by atoms with Crippen LogP contribution in [0.15, 0.2) is 0 Å². The number of methoxy groups -OCH3 is 1. The molecule has 1 rings (SSSR count). The van der Waals surface area contributed by atoms with Crippen LogP contribution in [0.4, 0.5) is 11.5 Å². The molecule has 0 bridgehead atoms. The first-order chi connectivity index (χ1) is 9.06. The number of aryl methyl sites for hydroxylation is 2. The van der Waals surface area contributed by atoms with Gasteiger partial charge in [0.1, 0.15) is 5.69 Å². The SMILES string of the molecule is CCc1nn(C)c(N(CCO)CCOC)c1[N+](=O)[O-]. The lowest BCUT2D eigenvalue weighted by molar-refractivity contribution is -0.384. The quantitative estimate of drug-likeness (QED) is 0.541. The molecule has 0 spiro atoms. The molecule has 0 unspecified atom stereocenters. The molecule has 0 fully saturated rings. The molecule has 8 heteroatoms. The number of aliphatic hydroxyl groups is 1. The molecule has 1 aromatic heterocycles. The molecule has 0 saturated carbocycles. The molecular weight excluding hydrogens is 252 g/mol. The first kappa shape index (κ1) is 15.4. The topological polar surface area (TPSA) is 93.7 Å². The molecule has 19 heavy (non-hydrogen) atoms. The van der Waals surface area contributed by atoms with Gasteiger partial charge < -0.3 is 14.7 Å². The first-order valence-corrected chi connectivity index (χ1v) is 6.11. The molecule has 0 aliphatic carbocycles. The van der Waals surface area contributed by atoms with Crippen LogP contribution in [0, 0.1) is 10.1 Å². The van der Waals surface area contributed by atoms with Crippen molar-refractivity contribution < 1.29 is 14.8 Å². The molecular formula is C11H20N4O4. The van der Waals surface area contributed by atoms with Crippen LogP contribution < -0.4 is 4.90 Å². The molecule has 1 heterocycles. The Kier molecular flexibility index (Phi) is 5.71. The van der Waals surface area contributed by atoms with E-state index in [1.807, 2.05) is 6.92 Å². The Balaban J connectivity index is 3.19. The van der Waals surface area contributed by atoms with Crippen LogP contribution in [0.3, 0.4) is 0 Å². The van der Waals surface area contributed by atoms with Gasteiger partial charge in [0.2, 0.25) is 5.82 Å². The number of aromatic nitrogens is 2. The van der Waals surface area contributed by atoms with Crippen molar-refractivity contribution in [2.45, 2.75) is 13.3 Å². The number of ether oxygens (including phenoxy) is 1. The molecule has 1 N–H and O–H groups in total. The second-order valence-electron chi connectivity index (χ2n) is 4.06. The number of aliphatic hydroxyl groups excluding tert-OH is 1. The summed E-state index contributed by atoms with van der Waals surface area (Å²) >= 11 is 0. The van der Waals surface area contributed by atoms with Gasteiger partial charge >= 0.3 is 5.69 Å². The zero-order valence-electron chi connectivity index (χ0n) is 11.5. The molecule has 0 aromatic carbocycles. The fourth-order valence-corrected chi connectivity index (χ4v) is 1.98. The van der Waals surface area contributed by atoms with Crippen LogP contribution in [0.1, 0.15) is 12.6 Å². The summed E-state index contributed by atoms with van der Waals surface area (Å²) in [5.74, 6) is 0.410. The third-order valence-corrected chi connectivity index (χ3v) is 2.81. The van der Waals surface area contributed by atoms with Crippen LogP contribution in [0.2, 0.25) is 0 Å². The van der Waals surface area contributed by atoms with Gasteiger partial charge in [0, 0.05) is 27.2 Å². The molecule has 8 nitrogen and oxygen atoms in total. The van der Waals surface area contributed by atoms with Crippen molar-refractivity contribution in [3.8, 4) is 0 Å². The normalized spacial score (nSPS) is 10.7. The molecule has 0 saturated heterocycles. The largest absolute Gasteiger partial charge is 0.395 e. The van der Waals surface area contributed by atoms with Crippen molar-refractivity contribution >= 4 is 11.5 Å². The number of nitrogens with zero attached hydrogens (tertiary/aromatic N) is 4. The Morgan fingerprint density at radius 1 is 1.53 bits per heavy atom. The lowest BCUT2D eigenvalue weighted by atomic mass is 10.3. The summed E-state index contributed by atoms with van der Waals surface area (Å²) in [5.41, 5.74) is 0.456. The highest BCUT2D eigenvalue weighted by molar-refractivity contribution is 5.61. The summed E-state index contributed by atoms with van der Waals surface area (Å²) in [6.45, 7) is 2.91. The van der Waals surface area contributed by atoms with E-state index in [2.05, 4.69) is 5.10 Å². The third-order valence-electron chi connectivity index (χ3n) is 2.81. The summed E-state index contributed by atoms with van der Waals surface area (Å²) in [7, 11) is 3.23. The number of rotatable bonds is 8. The van der Waals surface area contributed by atoms with E-state index in [0.717, 1.165) is 0 Å². The summed E-state index contributed by atoms with van der Waals surface area (Å²) in [6.07, 6.45) is 0.487. The summed E-state index contributed by atoms with van der Waals surface area (Å²) < 4.78 is 6.48. The van der Waals surface area contributed by atoms with Crippen molar-refractivity contribution in [1.29, 1.82) is 0 Å². The van der Waals surface area contributed by atoms with Crippen LogP contribution in [0.25, 0.3) is 0 Å². The smallest absolute Gasteiger partial charge is 0.334 e. The maximum absolute atomic E-state index is 11.2. The van der Waals surface area contributed by atoms with Gasteiger partial charge in [-0.2, -0.15) is 5.10 Å². The monoisotopic (exact) mass is 272 g/mol. The number of hydrogen-bond donors (Lipinski definition) is 1. The Morgan fingerprint density at radius 2 is 2.21 bits per heavy atom. The van der Waals surface area contributed by atoms with Crippen LogP contribution in [0.5, 0.6) is 0 Å². The van der Waals surface area contributed by atoms with E-state index < -0.39 is 4.92 Å². The molecule has 1 aromatic rings. The van der Waals surface area contributed by atoms with Crippen molar-refractivity contribution in [2.75, 3.05) is 38.3 Å². The van der Waals surface area contributed by atoms with E-state index in [0.29, 0.717) is 37.6 Å². The average Bonchev–Trinajstić information content (AvgIpc) is 2.71. The average molecular weight is 272 g/mol. The van der Waals surface area contributed by atoms with E-state index in [9.17, 15) is 10.1 Å². The molecule has 108 valence electrons. The van der Waals surface area contributed by atoms with E-state index in [4.69, 9.17) is 9.84 Å². The summed E-state index contributed by atoms with van der Waals surface area (Å²) in [6, 6.07) is 0. The molecule has 0 aliphatic heterocycles. The van der Waals surface area contributed by atoms with Gasteiger partial charge in [-0.3, -0.25) is 10.1 Å². The van der Waals surface area contributed by atoms with Gasteiger partial charge in [-0.25, -0.2) is 4.68 Å². The lowest BCUT2D eigenvalue weighted by Gasteiger charge is -2.22. The van der Waals surface area contributed by atoms with Crippen LogP contribution in [-0.4, -0.2) is 53.2 Å². The Labute approximate surface area is 111 Å². The molecule has 0 radical (unpaired) electrons. The van der Waals surface area contributed by atoms with Gasteiger partial charge in [-0.15, -0.1) is 0 Å². The highest BCUT2D eigenvalue weighted by Gasteiger charge is 2.29. The third kappa shape index (κ3) is 3.42. The zero-order valence-corrected chi connectivity index (χ0v) is 11.5. The predicted octanol–water partition coefficient (Wildman–Crippen LogP) is 0.336. The number of anilines is 1. The van der Waals surface area contributed by atoms with Crippen LogP contribution in [-0.2, 0) is 18.2 Å². The Hall–Kier alpha value is -1.67.